The highest BCUT2D eigenvalue weighted by Crippen LogP contribution is 2.09. The summed E-state index contributed by atoms with van der Waals surface area (Å²) in [6.07, 6.45) is 3.05. The van der Waals surface area contributed by atoms with Crippen molar-refractivity contribution in [3.05, 3.63) is 0 Å². The van der Waals surface area contributed by atoms with E-state index in [1.54, 1.807) is 11.8 Å². The van der Waals surface area contributed by atoms with Crippen molar-refractivity contribution >= 4 is 29.1 Å². The fraction of sp³-hybridized carbons (Fsp3) is 0.800. The van der Waals surface area contributed by atoms with Gasteiger partial charge in [-0.1, -0.05) is 6.92 Å². The second-order valence-electron chi connectivity index (χ2n) is 1.32. The number of rotatable bonds is 3. The smallest absolute Gasteiger partial charge is 0.105 e. The van der Waals surface area contributed by atoms with E-state index >= 15 is 0 Å². The molecule has 0 aromatic heterocycles. The van der Waals surface area contributed by atoms with Crippen LogP contribution in [0.15, 0.2) is 4.99 Å². The van der Waals surface area contributed by atoms with E-state index in [9.17, 15) is 0 Å². The Balaban J connectivity index is 3.52. The van der Waals surface area contributed by atoms with Crippen LogP contribution in [0.2, 0.25) is 0 Å². The molecule has 0 radical (unpaired) electrons. The molecule has 0 bridgehead atoms. The fourth-order valence-corrected chi connectivity index (χ4v) is 1.05. The first-order valence-corrected chi connectivity index (χ1v) is 4.14. The monoisotopic (exact) mass is 147 g/mol. The van der Waals surface area contributed by atoms with Crippen LogP contribution < -0.4 is 0 Å². The van der Waals surface area contributed by atoms with E-state index in [4.69, 9.17) is 0 Å². The highest BCUT2D eigenvalue weighted by atomic mass is 32.2. The Kier molecular flexibility index (Phi) is 5.39. The van der Waals surface area contributed by atoms with Gasteiger partial charge >= 0.3 is 0 Å². The van der Waals surface area contributed by atoms with E-state index in [0.29, 0.717) is 5.37 Å². The van der Waals surface area contributed by atoms with Crippen LogP contribution in [0.3, 0.4) is 0 Å². The van der Waals surface area contributed by atoms with Gasteiger partial charge in [0.15, 0.2) is 0 Å². The maximum absolute atomic E-state index is 4.43. The molecule has 0 aromatic rings. The Morgan fingerprint density at radius 3 is 2.62 bits per heavy atom. The summed E-state index contributed by atoms with van der Waals surface area (Å²) in [6, 6.07) is 0. The first-order chi connectivity index (χ1) is 3.85. The number of thiocarbonyl (C=S) groups is 1. The molecular formula is C5H9NS2. The minimum Gasteiger partial charge on any atom is -0.218 e. The third kappa shape index (κ3) is 3.19. The molecule has 0 aliphatic heterocycles. The molecule has 1 nitrogen and oxygen atoms in total. The lowest BCUT2D eigenvalue weighted by Gasteiger charge is -1.99. The maximum atomic E-state index is 4.43. The lowest BCUT2D eigenvalue weighted by molar-refractivity contribution is 0.879. The van der Waals surface area contributed by atoms with Crippen molar-refractivity contribution < 1.29 is 0 Å². The first kappa shape index (κ1) is 8.15. The van der Waals surface area contributed by atoms with Crippen molar-refractivity contribution in [2.75, 3.05) is 6.26 Å². The quantitative estimate of drug-likeness (QED) is 0.448. The van der Waals surface area contributed by atoms with Gasteiger partial charge in [0, 0.05) is 0 Å². The second-order valence-corrected chi connectivity index (χ2v) is 2.52. The van der Waals surface area contributed by atoms with E-state index in [0.717, 1.165) is 6.42 Å². The van der Waals surface area contributed by atoms with Crippen LogP contribution in [0.4, 0.5) is 0 Å². The van der Waals surface area contributed by atoms with Crippen LogP contribution in [0.25, 0.3) is 0 Å². The predicted octanol–water partition coefficient (Wildman–Crippen LogP) is 2.19. The molecule has 1 atom stereocenters. The number of hydrogen-bond donors (Lipinski definition) is 0. The van der Waals surface area contributed by atoms with Gasteiger partial charge in [-0.15, -0.1) is 11.8 Å². The molecule has 8 heavy (non-hydrogen) atoms. The number of isothiocyanates is 1. The molecule has 0 aromatic carbocycles. The van der Waals surface area contributed by atoms with Crippen molar-refractivity contribution in [3.63, 3.8) is 0 Å². The van der Waals surface area contributed by atoms with E-state index in [-0.39, 0.29) is 0 Å². The highest BCUT2D eigenvalue weighted by Gasteiger charge is 1.95. The summed E-state index contributed by atoms with van der Waals surface area (Å²) in [7, 11) is 0. The van der Waals surface area contributed by atoms with E-state index in [1.807, 2.05) is 6.26 Å². The SMILES string of the molecule is CCC(N=C=S)SC. The van der Waals surface area contributed by atoms with Gasteiger partial charge in [-0.05, 0) is 24.9 Å². The standard InChI is InChI=1S/C5H9NS2/c1-3-5(8-2)6-4-7/h5H,3H2,1-2H3. The molecule has 0 aliphatic rings. The summed E-state index contributed by atoms with van der Waals surface area (Å²) in [4.78, 5) is 3.89. The third-order valence-electron chi connectivity index (χ3n) is 0.818. The Morgan fingerprint density at radius 2 is 2.50 bits per heavy atom. The first-order valence-electron chi connectivity index (χ1n) is 2.45. The van der Waals surface area contributed by atoms with Crippen LogP contribution in [-0.2, 0) is 0 Å². The fourth-order valence-electron chi connectivity index (χ4n) is 0.369. The van der Waals surface area contributed by atoms with E-state index in [1.165, 1.54) is 0 Å². The van der Waals surface area contributed by atoms with Gasteiger partial charge in [0.2, 0.25) is 0 Å². The second kappa shape index (κ2) is 5.29. The van der Waals surface area contributed by atoms with Crippen molar-refractivity contribution in [1.29, 1.82) is 0 Å². The lowest BCUT2D eigenvalue weighted by atomic mass is 10.5. The molecule has 0 heterocycles. The molecule has 1 unspecified atom stereocenters. The summed E-state index contributed by atoms with van der Waals surface area (Å²) >= 11 is 6.13. The predicted molar refractivity (Wildman–Crippen MR) is 42.6 cm³/mol. The van der Waals surface area contributed by atoms with Gasteiger partial charge in [0.05, 0.1) is 5.16 Å². The average molecular weight is 147 g/mol. The summed E-state index contributed by atoms with van der Waals surface area (Å²) in [5.41, 5.74) is 0. The average Bonchev–Trinajstić information content (AvgIpc) is 1.83. The largest absolute Gasteiger partial charge is 0.218 e. The van der Waals surface area contributed by atoms with Crippen molar-refractivity contribution in [2.45, 2.75) is 18.7 Å². The topological polar surface area (TPSA) is 12.4 Å². The highest BCUT2D eigenvalue weighted by molar-refractivity contribution is 7.99. The zero-order valence-electron chi connectivity index (χ0n) is 5.05. The lowest BCUT2D eigenvalue weighted by Crippen LogP contribution is -1.91. The van der Waals surface area contributed by atoms with Gasteiger partial charge < -0.3 is 0 Å². The van der Waals surface area contributed by atoms with Crippen LogP contribution in [-0.4, -0.2) is 16.8 Å². The minimum absolute atomic E-state index is 0.326. The van der Waals surface area contributed by atoms with Crippen molar-refractivity contribution in [1.82, 2.24) is 0 Å². The molecule has 0 amide bonds. The van der Waals surface area contributed by atoms with Crippen molar-refractivity contribution in [3.8, 4) is 0 Å². The molecule has 0 spiro atoms. The Hall–Kier alpha value is 0.150. The third-order valence-corrected chi connectivity index (χ3v) is 1.91. The molecule has 0 N–H and O–H groups in total. The molecular weight excluding hydrogens is 138 g/mol. The minimum atomic E-state index is 0.326. The van der Waals surface area contributed by atoms with Gasteiger partial charge in [-0.3, -0.25) is 0 Å². The number of thioether (sulfide) groups is 1. The Bertz CT molecular complexity index is 92.6. The van der Waals surface area contributed by atoms with Gasteiger partial charge in [-0.2, -0.15) is 0 Å². The molecule has 0 saturated heterocycles. The number of hydrogen-bond acceptors (Lipinski definition) is 3. The summed E-state index contributed by atoms with van der Waals surface area (Å²) in [6.45, 7) is 2.08. The van der Waals surface area contributed by atoms with Crippen LogP contribution in [0.5, 0.6) is 0 Å². The Labute approximate surface area is 59.6 Å². The molecule has 0 aliphatic carbocycles. The van der Waals surface area contributed by atoms with Crippen LogP contribution in [0.1, 0.15) is 13.3 Å². The maximum Gasteiger partial charge on any atom is 0.105 e. The van der Waals surface area contributed by atoms with Gasteiger partial charge in [0.1, 0.15) is 5.37 Å². The molecule has 0 saturated carbocycles. The van der Waals surface area contributed by atoms with Gasteiger partial charge in [0.25, 0.3) is 0 Å². The number of aliphatic imine (C=N–C) groups is 1. The summed E-state index contributed by atoms with van der Waals surface area (Å²) < 4.78 is 0. The zero-order valence-corrected chi connectivity index (χ0v) is 6.68. The van der Waals surface area contributed by atoms with Crippen LogP contribution >= 0.6 is 24.0 Å². The van der Waals surface area contributed by atoms with E-state index in [2.05, 4.69) is 29.3 Å². The zero-order chi connectivity index (χ0) is 6.41. The Morgan fingerprint density at radius 1 is 1.88 bits per heavy atom. The normalized spacial score (nSPS) is 12.2. The number of nitrogens with zero attached hydrogens (tertiary/aromatic N) is 1. The summed E-state index contributed by atoms with van der Waals surface area (Å²) in [5, 5.41) is 2.68. The van der Waals surface area contributed by atoms with E-state index < -0.39 is 0 Å². The molecule has 0 fully saturated rings. The van der Waals surface area contributed by atoms with Crippen molar-refractivity contribution in [2.24, 2.45) is 4.99 Å². The summed E-state index contributed by atoms with van der Waals surface area (Å²) in [5.74, 6) is 0. The van der Waals surface area contributed by atoms with Crippen LogP contribution in [0, 0.1) is 0 Å². The molecule has 0 rings (SSSR count). The molecule has 3 heteroatoms. The molecule has 46 valence electrons. The van der Waals surface area contributed by atoms with Gasteiger partial charge in [-0.25, -0.2) is 4.99 Å².